The first-order valence-corrected chi connectivity index (χ1v) is 9.63. The SMILES string of the molecule is CC(=O)OCC(CNC(=O)c1c(Br)c(N)c(Br)c(C(=O)O)c1Br)OC(C)=O. The van der Waals surface area contributed by atoms with E-state index in [4.69, 9.17) is 15.2 Å². The topological polar surface area (TPSA) is 145 Å². The van der Waals surface area contributed by atoms with Crippen LogP contribution in [0.15, 0.2) is 13.4 Å². The Kier molecular flexibility index (Phi) is 8.69. The van der Waals surface area contributed by atoms with Crippen molar-refractivity contribution in [3.8, 4) is 0 Å². The fourth-order valence-electron chi connectivity index (χ4n) is 1.95. The molecule has 0 saturated heterocycles. The van der Waals surface area contributed by atoms with E-state index in [0.717, 1.165) is 0 Å². The van der Waals surface area contributed by atoms with Gasteiger partial charge in [-0.2, -0.15) is 0 Å². The molecule has 1 aromatic carbocycles. The van der Waals surface area contributed by atoms with Gasteiger partial charge in [0.25, 0.3) is 5.91 Å². The highest BCUT2D eigenvalue weighted by atomic mass is 79.9. The lowest BCUT2D eigenvalue weighted by atomic mass is 10.1. The van der Waals surface area contributed by atoms with E-state index in [1.165, 1.54) is 13.8 Å². The van der Waals surface area contributed by atoms with Crippen molar-refractivity contribution in [2.24, 2.45) is 0 Å². The van der Waals surface area contributed by atoms with Crippen molar-refractivity contribution in [1.29, 1.82) is 0 Å². The molecule has 0 aliphatic rings. The van der Waals surface area contributed by atoms with Gasteiger partial charge in [0.05, 0.1) is 32.3 Å². The number of esters is 2. The number of ether oxygens (including phenoxy) is 2. The van der Waals surface area contributed by atoms with Gasteiger partial charge < -0.3 is 25.6 Å². The number of aromatic carboxylic acids is 1. The number of hydrogen-bond donors (Lipinski definition) is 3. The number of anilines is 1. The second-order valence-electron chi connectivity index (χ2n) is 5.15. The van der Waals surface area contributed by atoms with Crippen LogP contribution in [-0.4, -0.2) is 48.2 Å². The first kappa shape index (κ1) is 23.4. The zero-order valence-electron chi connectivity index (χ0n) is 14.1. The molecule has 0 saturated carbocycles. The molecule has 0 bridgehead atoms. The maximum absolute atomic E-state index is 12.6. The molecule has 0 heterocycles. The minimum absolute atomic E-state index is 0.00414. The van der Waals surface area contributed by atoms with Crippen LogP contribution in [-0.2, 0) is 19.1 Å². The Balaban J connectivity index is 3.09. The number of nitrogens with two attached hydrogens (primary N) is 1. The van der Waals surface area contributed by atoms with Gasteiger partial charge >= 0.3 is 17.9 Å². The molecule has 1 unspecified atom stereocenters. The molecule has 9 nitrogen and oxygen atoms in total. The zero-order valence-corrected chi connectivity index (χ0v) is 18.9. The number of halogens is 3. The number of rotatable bonds is 7. The average molecular weight is 575 g/mol. The van der Waals surface area contributed by atoms with Crippen molar-refractivity contribution < 1.29 is 33.8 Å². The van der Waals surface area contributed by atoms with E-state index < -0.39 is 29.9 Å². The molecular formula is C15H15Br3N2O7. The number of hydrogen-bond acceptors (Lipinski definition) is 7. The van der Waals surface area contributed by atoms with Crippen LogP contribution in [0.1, 0.15) is 34.6 Å². The van der Waals surface area contributed by atoms with Crippen LogP contribution in [0.3, 0.4) is 0 Å². The normalized spacial score (nSPS) is 11.4. The highest BCUT2D eigenvalue weighted by Crippen LogP contribution is 2.40. The monoisotopic (exact) mass is 572 g/mol. The maximum Gasteiger partial charge on any atom is 0.338 e. The van der Waals surface area contributed by atoms with Gasteiger partial charge in [0.15, 0.2) is 6.10 Å². The molecule has 4 N–H and O–H groups in total. The van der Waals surface area contributed by atoms with E-state index in [2.05, 4.69) is 53.1 Å². The van der Waals surface area contributed by atoms with E-state index in [-0.39, 0.29) is 43.4 Å². The molecule has 0 spiro atoms. The summed E-state index contributed by atoms with van der Waals surface area (Å²) in [7, 11) is 0. The number of benzene rings is 1. The van der Waals surface area contributed by atoms with Crippen molar-refractivity contribution in [3.05, 3.63) is 24.5 Å². The Morgan fingerprint density at radius 1 is 1.04 bits per heavy atom. The average Bonchev–Trinajstić information content (AvgIpc) is 2.54. The van der Waals surface area contributed by atoms with Gasteiger partial charge in [-0.05, 0) is 47.8 Å². The fourth-order valence-corrected chi connectivity index (χ4v) is 4.63. The highest BCUT2D eigenvalue weighted by molar-refractivity contribution is 9.11. The Morgan fingerprint density at radius 2 is 1.59 bits per heavy atom. The molecule has 0 aromatic heterocycles. The quantitative estimate of drug-likeness (QED) is 0.333. The van der Waals surface area contributed by atoms with Gasteiger partial charge in [-0.3, -0.25) is 14.4 Å². The molecule has 12 heteroatoms. The van der Waals surface area contributed by atoms with Crippen LogP contribution in [0.25, 0.3) is 0 Å². The molecule has 27 heavy (non-hydrogen) atoms. The summed E-state index contributed by atoms with van der Waals surface area (Å²) >= 11 is 9.36. The molecule has 0 aliphatic carbocycles. The number of nitrogen functional groups attached to an aromatic ring is 1. The number of nitrogens with one attached hydrogen (secondary N) is 1. The lowest BCUT2D eigenvalue weighted by molar-refractivity contribution is -0.155. The zero-order chi connectivity index (χ0) is 20.9. The third-order valence-electron chi connectivity index (χ3n) is 3.09. The number of amides is 1. The summed E-state index contributed by atoms with van der Waals surface area (Å²) in [6.45, 7) is 1.93. The van der Waals surface area contributed by atoms with Crippen LogP contribution in [0.2, 0.25) is 0 Å². The Labute approximate surface area is 179 Å². The molecule has 1 amide bonds. The minimum atomic E-state index is -1.30. The summed E-state index contributed by atoms with van der Waals surface area (Å²) in [5, 5.41) is 11.8. The van der Waals surface area contributed by atoms with Gasteiger partial charge in [-0.1, -0.05) is 0 Å². The molecule has 0 aliphatic heterocycles. The van der Waals surface area contributed by atoms with E-state index >= 15 is 0 Å². The molecular weight excluding hydrogens is 560 g/mol. The predicted octanol–water partition coefficient (Wildman–Crippen LogP) is 2.48. The standard InChI is InChI=1S/C15H15Br3N2O7/c1-5(21)26-4-7(27-6(2)22)3-20-14(23)8-10(16)9(15(24)25)12(18)13(19)11(8)17/h7H,3-4,19H2,1-2H3,(H,20,23)(H,24,25). The van der Waals surface area contributed by atoms with E-state index in [1.54, 1.807) is 0 Å². The molecule has 1 atom stereocenters. The van der Waals surface area contributed by atoms with Gasteiger partial charge in [0, 0.05) is 18.3 Å². The van der Waals surface area contributed by atoms with Crippen molar-refractivity contribution >= 4 is 77.3 Å². The first-order chi connectivity index (χ1) is 12.5. The van der Waals surface area contributed by atoms with Crippen molar-refractivity contribution in [1.82, 2.24) is 5.32 Å². The van der Waals surface area contributed by atoms with Crippen LogP contribution >= 0.6 is 47.8 Å². The number of carbonyl (C=O) groups excluding carboxylic acids is 3. The van der Waals surface area contributed by atoms with Gasteiger partial charge in [-0.25, -0.2) is 4.79 Å². The summed E-state index contributed by atoms with van der Waals surface area (Å²) < 4.78 is 10.0. The molecule has 0 fully saturated rings. The van der Waals surface area contributed by atoms with Crippen LogP contribution in [0.5, 0.6) is 0 Å². The summed E-state index contributed by atoms with van der Waals surface area (Å²) in [5.41, 5.74) is 5.59. The third kappa shape index (κ3) is 6.18. The van der Waals surface area contributed by atoms with Crippen LogP contribution < -0.4 is 11.1 Å². The van der Waals surface area contributed by atoms with E-state index in [9.17, 15) is 24.3 Å². The van der Waals surface area contributed by atoms with Gasteiger partial charge in [-0.15, -0.1) is 0 Å². The highest BCUT2D eigenvalue weighted by Gasteiger charge is 2.27. The lowest BCUT2D eigenvalue weighted by Gasteiger charge is -2.19. The molecule has 0 radical (unpaired) electrons. The first-order valence-electron chi connectivity index (χ1n) is 7.25. The van der Waals surface area contributed by atoms with E-state index in [0.29, 0.717) is 0 Å². The second kappa shape index (κ2) is 10.0. The Morgan fingerprint density at radius 3 is 2.07 bits per heavy atom. The Bertz CT molecular complexity index is 798. The van der Waals surface area contributed by atoms with Gasteiger partial charge in [0.2, 0.25) is 0 Å². The second-order valence-corrected chi connectivity index (χ2v) is 7.53. The molecule has 1 aromatic rings. The summed E-state index contributed by atoms with van der Waals surface area (Å²) in [4.78, 5) is 46.1. The van der Waals surface area contributed by atoms with Crippen molar-refractivity contribution in [2.45, 2.75) is 20.0 Å². The van der Waals surface area contributed by atoms with Crippen LogP contribution in [0.4, 0.5) is 5.69 Å². The minimum Gasteiger partial charge on any atom is -0.478 e. The summed E-state index contributed by atoms with van der Waals surface area (Å²) in [6.07, 6.45) is -0.917. The molecule has 148 valence electrons. The Hall–Kier alpha value is -1.66. The fraction of sp³-hybridized carbons (Fsp3) is 0.333. The summed E-state index contributed by atoms with van der Waals surface area (Å²) in [5.74, 6) is -3.18. The largest absolute Gasteiger partial charge is 0.478 e. The predicted molar refractivity (Wildman–Crippen MR) is 105 cm³/mol. The number of carboxylic acids is 1. The lowest BCUT2D eigenvalue weighted by Crippen LogP contribution is -2.38. The van der Waals surface area contributed by atoms with E-state index in [1.807, 2.05) is 0 Å². The molecule has 1 rings (SSSR count). The van der Waals surface area contributed by atoms with Crippen molar-refractivity contribution in [3.63, 3.8) is 0 Å². The summed E-state index contributed by atoms with van der Waals surface area (Å²) in [6, 6.07) is 0. The number of carboxylic acid groups (broad SMARTS) is 1. The maximum atomic E-state index is 12.6. The third-order valence-corrected chi connectivity index (χ3v) is 5.53. The number of carbonyl (C=O) groups is 4. The van der Waals surface area contributed by atoms with Gasteiger partial charge in [0.1, 0.15) is 6.61 Å². The smallest absolute Gasteiger partial charge is 0.338 e. The van der Waals surface area contributed by atoms with Crippen LogP contribution in [0, 0.1) is 0 Å². The van der Waals surface area contributed by atoms with Crippen molar-refractivity contribution in [2.75, 3.05) is 18.9 Å².